The SMILES string of the molecule is COc1ncc(-n2nc(-c3ccnc([C@@H](C)CC[C@H](C)N(C)[C@H](C)CN)c3)c3c2CCOCC3)cc1C. The van der Waals surface area contributed by atoms with Crippen molar-refractivity contribution in [2.24, 2.45) is 5.73 Å². The summed E-state index contributed by atoms with van der Waals surface area (Å²) in [5, 5.41) is 5.13. The van der Waals surface area contributed by atoms with Crippen LogP contribution in [0.15, 0.2) is 30.6 Å². The van der Waals surface area contributed by atoms with Gasteiger partial charge in [-0.3, -0.25) is 9.88 Å². The number of ether oxygens (including phenoxy) is 2. The van der Waals surface area contributed by atoms with Gasteiger partial charge < -0.3 is 15.2 Å². The van der Waals surface area contributed by atoms with Crippen LogP contribution in [0.5, 0.6) is 5.88 Å². The van der Waals surface area contributed by atoms with Crippen LogP contribution >= 0.6 is 0 Å². The summed E-state index contributed by atoms with van der Waals surface area (Å²) in [5.74, 6) is 0.984. The number of methoxy groups -OCH3 is 1. The summed E-state index contributed by atoms with van der Waals surface area (Å²) in [4.78, 5) is 11.6. The van der Waals surface area contributed by atoms with Crippen LogP contribution in [0.3, 0.4) is 0 Å². The van der Waals surface area contributed by atoms with Crippen molar-refractivity contribution in [1.82, 2.24) is 24.6 Å². The lowest BCUT2D eigenvalue weighted by Crippen LogP contribution is -2.41. The maximum Gasteiger partial charge on any atom is 0.216 e. The molecule has 37 heavy (non-hydrogen) atoms. The molecule has 0 aromatic carbocycles. The van der Waals surface area contributed by atoms with Crippen molar-refractivity contribution in [3.05, 3.63) is 53.1 Å². The fourth-order valence-electron chi connectivity index (χ4n) is 5.08. The van der Waals surface area contributed by atoms with Crippen LogP contribution in [0.1, 0.15) is 62.0 Å². The average Bonchev–Trinajstić information content (AvgIpc) is 3.10. The quantitative estimate of drug-likeness (QED) is 0.438. The van der Waals surface area contributed by atoms with Gasteiger partial charge in [-0.2, -0.15) is 5.10 Å². The van der Waals surface area contributed by atoms with Crippen LogP contribution in [0.4, 0.5) is 0 Å². The van der Waals surface area contributed by atoms with Gasteiger partial charge in [0.05, 0.1) is 43.6 Å². The Morgan fingerprint density at radius 2 is 1.89 bits per heavy atom. The maximum absolute atomic E-state index is 5.87. The lowest BCUT2D eigenvalue weighted by atomic mass is 9.95. The van der Waals surface area contributed by atoms with Gasteiger partial charge in [0.2, 0.25) is 5.88 Å². The Hall–Kier alpha value is -2.81. The smallest absolute Gasteiger partial charge is 0.216 e. The van der Waals surface area contributed by atoms with E-state index in [2.05, 4.69) is 55.9 Å². The van der Waals surface area contributed by atoms with Crippen molar-refractivity contribution in [3.8, 4) is 22.8 Å². The number of hydrogen-bond acceptors (Lipinski definition) is 7. The first kappa shape index (κ1) is 27.2. The van der Waals surface area contributed by atoms with Gasteiger partial charge in [-0.05, 0) is 71.2 Å². The van der Waals surface area contributed by atoms with Crippen molar-refractivity contribution in [1.29, 1.82) is 0 Å². The molecule has 0 aliphatic carbocycles. The van der Waals surface area contributed by atoms with Gasteiger partial charge in [-0.15, -0.1) is 0 Å². The summed E-state index contributed by atoms with van der Waals surface area (Å²) in [6.07, 6.45) is 7.57. The maximum atomic E-state index is 5.87. The molecule has 0 amide bonds. The highest BCUT2D eigenvalue weighted by atomic mass is 16.5. The molecule has 3 aromatic rings. The molecule has 200 valence electrons. The zero-order valence-electron chi connectivity index (χ0n) is 23.2. The van der Waals surface area contributed by atoms with Crippen molar-refractivity contribution < 1.29 is 9.47 Å². The Bertz CT molecular complexity index is 1190. The van der Waals surface area contributed by atoms with Crippen LogP contribution in [-0.2, 0) is 17.6 Å². The first-order valence-electron chi connectivity index (χ1n) is 13.4. The predicted molar refractivity (Wildman–Crippen MR) is 147 cm³/mol. The first-order chi connectivity index (χ1) is 17.8. The number of aromatic nitrogens is 4. The summed E-state index contributed by atoms with van der Waals surface area (Å²) in [7, 11) is 3.81. The summed E-state index contributed by atoms with van der Waals surface area (Å²) < 4.78 is 13.2. The van der Waals surface area contributed by atoms with Crippen molar-refractivity contribution in [3.63, 3.8) is 0 Å². The predicted octanol–water partition coefficient (Wildman–Crippen LogP) is 4.31. The van der Waals surface area contributed by atoms with Crippen LogP contribution in [0, 0.1) is 6.92 Å². The highest BCUT2D eigenvalue weighted by molar-refractivity contribution is 5.65. The number of nitrogens with zero attached hydrogens (tertiary/aromatic N) is 5. The van der Waals surface area contributed by atoms with Gasteiger partial charge in [-0.25, -0.2) is 9.67 Å². The molecule has 1 aliphatic rings. The van der Waals surface area contributed by atoms with Gasteiger partial charge >= 0.3 is 0 Å². The molecule has 2 N–H and O–H groups in total. The fourth-order valence-corrected chi connectivity index (χ4v) is 5.08. The minimum atomic E-state index is 0.349. The number of pyridine rings is 2. The largest absolute Gasteiger partial charge is 0.481 e. The minimum Gasteiger partial charge on any atom is -0.481 e. The summed E-state index contributed by atoms with van der Waals surface area (Å²) in [6, 6.07) is 7.23. The molecule has 0 fully saturated rings. The molecule has 8 heteroatoms. The van der Waals surface area contributed by atoms with E-state index >= 15 is 0 Å². The van der Waals surface area contributed by atoms with Crippen molar-refractivity contribution in [2.45, 2.75) is 71.4 Å². The monoisotopic (exact) mass is 506 g/mol. The highest BCUT2D eigenvalue weighted by Gasteiger charge is 2.23. The van der Waals surface area contributed by atoms with E-state index in [1.165, 1.54) is 11.3 Å². The van der Waals surface area contributed by atoms with Gasteiger partial charge in [-0.1, -0.05) is 6.92 Å². The molecule has 3 aromatic heterocycles. The Balaban J connectivity index is 1.62. The first-order valence-corrected chi connectivity index (χ1v) is 13.4. The van der Waals surface area contributed by atoms with E-state index in [1.807, 2.05) is 24.0 Å². The molecule has 0 bridgehead atoms. The van der Waals surface area contributed by atoms with Gasteiger partial charge in [0.25, 0.3) is 0 Å². The molecule has 0 radical (unpaired) electrons. The molecular formula is C29H42N6O2. The Labute approximate surface area is 221 Å². The van der Waals surface area contributed by atoms with E-state index in [4.69, 9.17) is 25.3 Å². The zero-order valence-corrected chi connectivity index (χ0v) is 23.2. The minimum absolute atomic E-state index is 0.349. The zero-order chi connectivity index (χ0) is 26.5. The normalized spacial score (nSPS) is 16.2. The van der Waals surface area contributed by atoms with Crippen LogP contribution in [0.25, 0.3) is 16.9 Å². The number of aryl methyl sites for hydroxylation is 1. The molecule has 0 saturated carbocycles. The molecule has 1 aliphatic heterocycles. The third-order valence-corrected chi connectivity index (χ3v) is 7.83. The van der Waals surface area contributed by atoms with Crippen molar-refractivity contribution in [2.75, 3.05) is 33.9 Å². The third-order valence-electron chi connectivity index (χ3n) is 7.83. The van der Waals surface area contributed by atoms with Gasteiger partial charge in [0.15, 0.2) is 0 Å². The van der Waals surface area contributed by atoms with Crippen molar-refractivity contribution >= 4 is 0 Å². The van der Waals surface area contributed by atoms with E-state index in [9.17, 15) is 0 Å². The summed E-state index contributed by atoms with van der Waals surface area (Å²) in [6.45, 7) is 10.8. The van der Waals surface area contributed by atoms with E-state index in [0.717, 1.165) is 53.9 Å². The molecule has 4 rings (SSSR count). The second kappa shape index (κ2) is 12.2. The Kier molecular flexibility index (Phi) is 8.95. The van der Waals surface area contributed by atoms with E-state index < -0.39 is 0 Å². The molecule has 4 heterocycles. The Morgan fingerprint density at radius 3 is 2.62 bits per heavy atom. The molecule has 3 atom stereocenters. The molecule has 0 saturated heterocycles. The molecule has 0 unspecified atom stereocenters. The fraction of sp³-hybridized carbons (Fsp3) is 0.552. The Morgan fingerprint density at radius 1 is 1.11 bits per heavy atom. The number of likely N-dealkylation sites (N-methyl/N-ethyl adjacent to an activating group) is 1. The number of rotatable bonds is 10. The number of nitrogens with two attached hydrogens (primary N) is 1. The van der Waals surface area contributed by atoms with Crippen LogP contribution in [0.2, 0.25) is 0 Å². The van der Waals surface area contributed by atoms with Crippen LogP contribution < -0.4 is 10.5 Å². The summed E-state index contributed by atoms with van der Waals surface area (Å²) >= 11 is 0. The topological polar surface area (TPSA) is 91.3 Å². The standard InChI is InChI=1S/C29H42N6O2/c1-19(7-8-21(3)34(5)22(4)17-30)26-16-23(9-12-31-26)28-25-10-13-37-14-11-27(25)35(33-28)24-15-20(2)29(36-6)32-18-24/h9,12,15-16,18-19,21-22H,7-8,10-11,13-14,17,30H2,1-6H3/t19-,21-,22+/m0/s1. The van der Waals surface area contributed by atoms with Gasteiger partial charge in [0, 0.05) is 53.6 Å². The number of hydrogen-bond donors (Lipinski definition) is 1. The van der Waals surface area contributed by atoms with Crippen LogP contribution in [-0.4, -0.2) is 70.6 Å². The lowest BCUT2D eigenvalue weighted by Gasteiger charge is -2.30. The van der Waals surface area contributed by atoms with E-state index in [1.54, 1.807) is 7.11 Å². The highest BCUT2D eigenvalue weighted by Crippen LogP contribution is 2.32. The lowest BCUT2D eigenvalue weighted by molar-refractivity contribution is 0.145. The summed E-state index contributed by atoms with van der Waals surface area (Å²) in [5.41, 5.74) is 13.5. The third kappa shape index (κ3) is 6.03. The van der Waals surface area contributed by atoms with Gasteiger partial charge in [0.1, 0.15) is 0 Å². The number of fused-ring (bicyclic) bond motifs is 1. The molecule has 8 nitrogen and oxygen atoms in total. The molecule has 0 spiro atoms. The van der Waals surface area contributed by atoms with E-state index in [-0.39, 0.29) is 0 Å². The second-order valence-electron chi connectivity index (χ2n) is 10.4. The second-order valence-corrected chi connectivity index (χ2v) is 10.4. The average molecular weight is 507 g/mol. The van der Waals surface area contributed by atoms with E-state index in [0.29, 0.717) is 43.6 Å². The molecular weight excluding hydrogens is 464 g/mol.